The number of hydrogen-bond donors (Lipinski definition) is 0. The summed E-state index contributed by atoms with van der Waals surface area (Å²) in [5.74, 6) is 0.447. The van der Waals surface area contributed by atoms with E-state index >= 15 is 0 Å². The topological polar surface area (TPSA) is 103 Å². The average molecular weight is 484 g/mol. The molecule has 35 heavy (non-hydrogen) atoms. The van der Waals surface area contributed by atoms with Crippen LogP contribution in [-0.2, 0) is 10.9 Å². The maximum atomic E-state index is 12.9. The fourth-order valence-electron chi connectivity index (χ4n) is 3.29. The van der Waals surface area contributed by atoms with Gasteiger partial charge in [0.25, 0.3) is 0 Å². The lowest BCUT2D eigenvalue weighted by atomic mass is 10.1. The van der Waals surface area contributed by atoms with Crippen molar-refractivity contribution >= 4 is 17.1 Å². The normalized spacial score (nSPS) is 13.9. The van der Waals surface area contributed by atoms with Gasteiger partial charge in [0.1, 0.15) is 16.9 Å². The summed E-state index contributed by atoms with van der Waals surface area (Å²) < 4.78 is 43.9. The van der Waals surface area contributed by atoms with Crippen LogP contribution in [0.1, 0.15) is 22.8 Å². The van der Waals surface area contributed by atoms with Crippen molar-refractivity contribution in [3.05, 3.63) is 59.4 Å². The number of hydrogen-bond acceptors (Lipinski definition) is 9. The largest absolute Gasteiger partial charge is 0.433 e. The molecule has 12 heteroatoms. The van der Waals surface area contributed by atoms with E-state index in [9.17, 15) is 13.2 Å². The summed E-state index contributed by atoms with van der Waals surface area (Å²) in [6, 6.07) is 6.05. The molecule has 4 aromatic heterocycles. The zero-order valence-electron chi connectivity index (χ0n) is 19.4. The molecule has 9 nitrogen and oxygen atoms in total. The van der Waals surface area contributed by atoms with Gasteiger partial charge in [0, 0.05) is 31.0 Å². The first-order chi connectivity index (χ1) is 16.7. The van der Waals surface area contributed by atoms with Crippen LogP contribution in [0, 0.1) is 20.8 Å². The van der Waals surface area contributed by atoms with E-state index in [4.69, 9.17) is 4.74 Å². The van der Waals surface area contributed by atoms with Crippen LogP contribution in [-0.4, -0.2) is 61.4 Å². The first-order valence-electron chi connectivity index (χ1n) is 10.9. The van der Waals surface area contributed by atoms with Crippen molar-refractivity contribution in [2.24, 2.45) is 0 Å². The first-order valence-corrected chi connectivity index (χ1v) is 10.9. The highest BCUT2D eigenvalue weighted by molar-refractivity contribution is 5.87. The quantitative estimate of drug-likeness (QED) is 0.421. The molecular formula is C23H23F3N8O. The van der Waals surface area contributed by atoms with Crippen LogP contribution in [0.4, 0.5) is 19.1 Å². The summed E-state index contributed by atoms with van der Waals surface area (Å²) >= 11 is 0. The van der Waals surface area contributed by atoms with Crippen LogP contribution in [0.3, 0.4) is 0 Å². The Hall–Kier alpha value is -3.80. The van der Waals surface area contributed by atoms with Gasteiger partial charge >= 0.3 is 6.18 Å². The summed E-state index contributed by atoms with van der Waals surface area (Å²) in [6.45, 7) is 7.90. The SMILES string of the molecule is Cc1cccnn1.Cc1nc2nc(N3CCOCC3)nc(-c3ccc(C(F)(F)F)nc3)c2nc1C. The summed E-state index contributed by atoms with van der Waals surface area (Å²) in [5.41, 5.74) is 3.10. The Morgan fingerprint density at radius 3 is 2.23 bits per heavy atom. The number of rotatable bonds is 2. The number of alkyl halides is 3. The molecule has 1 saturated heterocycles. The van der Waals surface area contributed by atoms with E-state index < -0.39 is 11.9 Å². The third-order valence-corrected chi connectivity index (χ3v) is 5.26. The molecule has 0 bridgehead atoms. The Balaban J connectivity index is 0.000000356. The van der Waals surface area contributed by atoms with E-state index in [0.29, 0.717) is 60.4 Å². The zero-order chi connectivity index (χ0) is 25.0. The van der Waals surface area contributed by atoms with Gasteiger partial charge in [0.2, 0.25) is 5.95 Å². The van der Waals surface area contributed by atoms with Gasteiger partial charge in [-0.25, -0.2) is 15.0 Å². The van der Waals surface area contributed by atoms with Crippen molar-refractivity contribution in [2.75, 3.05) is 31.2 Å². The summed E-state index contributed by atoms with van der Waals surface area (Å²) in [4.78, 5) is 23.7. The zero-order valence-corrected chi connectivity index (χ0v) is 19.4. The second-order valence-electron chi connectivity index (χ2n) is 7.83. The Bertz CT molecular complexity index is 1290. The minimum Gasteiger partial charge on any atom is -0.378 e. The molecule has 0 radical (unpaired) electrons. The fraction of sp³-hybridized carbons (Fsp3) is 0.348. The van der Waals surface area contributed by atoms with Crippen LogP contribution in [0.2, 0.25) is 0 Å². The molecule has 4 aromatic rings. The number of aryl methyl sites for hydroxylation is 3. The first kappa shape index (κ1) is 24.3. The Labute approximate surface area is 199 Å². The number of pyridine rings is 1. The summed E-state index contributed by atoms with van der Waals surface area (Å²) in [6.07, 6.45) is -1.68. The van der Waals surface area contributed by atoms with Crippen molar-refractivity contribution in [1.29, 1.82) is 0 Å². The molecule has 0 amide bonds. The summed E-state index contributed by atoms with van der Waals surface area (Å²) in [5, 5.41) is 7.36. The highest BCUT2D eigenvalue weighted by atomic mass is 19.4. The van der Waals surface area contributed by atoms with Crippen molar-refractivity contribution in [3.8, 4) is 11.3 Å². The molecule has 0 N–H and O–H groups in total. The van der Waals surface area contributed by atoms with Crippen molar-refractivity contribution in [3.63, 3.8) is 0 Å². The lowest BCUT2D eigenvalue weighted by molar-refractivity contribution is -0.141. The van der Waals surface area contributed by atoms with Crippen LogP contribution >= 0.6 is 0 Å². The van der Waals surface area contributed by atoms with Crippen LogP contribution in [0.25, 0.3) is 22.4 Å². The van der Waals surface area contributed by atoms with Gasteiger partial charge in [-0.3, -0.25) is 4.98 Å². The number of ether oxygens (including phenoxy) is 1. The smallest absolute Gasteiger partial charge is 0.378 e. The van der Waals surface area contributed by atoms with Gasteiger partial charge in [-0.1, -0.05) is 0 Å². The minimum atomic E-state index is -4.50. The standard InChI is InChI=1S/C18H17F3N6O.C5H6N2/c1-10-11(2)24-16-15(23-10)14(12-3-4-13(22-9-12)18(19,20)21)25-17(26-16)27-5-7-28-8-6-27;1-5-3-2-4-6-7-5/h3-4,9H,5-8H2,1-2H3;2-4H,1H3. The van der Waals surface area contributed by atoms with Gasteiger partial charge in [0.15, 0.2) is 5.65 Å². The van der Waals surface area contributed by atoms with Gasteiger partial charge in [-0.05, 0) is 45.0 Å². The molecule has 1 fully saturated rings. The van der Waals surface area contributed by atoms with E-state index in [1.807, 2.05) is 37.8 Å². The predicted octanol–water partition coefficient (Wildman–Crippen LogP) is 3.74. The number of anilines is 1. The average Bonchev–Trinajstić information content (AvgIpc) is 2.85. The maximum Gasteiger partial charge on any atom is 0.433 e. The Morgan fingerprint density at radius 1 is 0.914 bits per heavy atom. The molecule has 5 rings (SSSR count). The second-order valence-corrected chi connectivity index (χ2v) is 7.83. The van der Waals surface area contributed by atoms with E-state index in [-0.39, 0.29) is 0 Å². The van der Waals surface area contributed by atoms with Crippen LogP contribution < -0.4 is 4.90 Å². The number of nitrogens with zero attached hydrogens (tertiary/aromatic N) is 8. The number of halogens is 3. The Morgan fingerprint density at radius 2 is 1.66 bits per heavy atom. The Kier molecular flexibility index (Phi) is 7.10. The van der Waals surface area contributed by atoms with Crippen molar-refractivity contribution in [1.82, 2.24) is 35.1 Å². The van der Waals surface area contributed by atoms with Crippen LogP contribution in [0.5, 0.6) is 0 Å². The molecule has 0 unspecified atom stereocenters. The molecule has 1 aliphatic rings. The van der Waals surface area contributed by atoms with Gasteiger partial charge in [-0.2, -0.15) is 28.4 Å². The highest BCUT2D eigenvalue weighted by Crippen LogP contribution is 2.31. The van der Waals surface area contributed by atoms with E-state index in [1.165, 1.54) is 6.07 Å². The number of fused-ring (bicyclic) bond motifs is 1. The van der Waals surface area contributed by atoms with Crippen molar-refractivity contribution in [2.45, 2.75) is 26.9 Å². The molecule has 0 atom stereocenters. The summed E-state index contributed by atoms with van der Waals surface area (Å²) in [7, 11) is 0. The lowest BCUT2D eigenvalue weighted by Crippen LogP contribution is -2.37. The predicted molar refractivity (Wildman–Crippen MR) is 123 cm³/mol. The van der Waals surface area contributed by atoms with Gasteiger partial charge < -0.3 is 9.64 Å². The molecule has 0 aromatic carbocycles. The van der Waals surface area contributed by atoms with Gasteiger partial charge in [0.05, 0.1) is 30.3 Å². The third kappa shape index (κ3) is 5.83. The van der Waals surface area contributed by atoms with E-state index in [1.54, 1.807) is 6.20 Å². The molecule has 5 heterocycles. The fourth-order valence-corrected chi connectivity index (χ4v) is 3.29. The molecule has 0 aliphatic carbocycles. The van der Waals surface area contributed by atoms with Crippen molar-refractivity contribution < 1.29 is 17.9 Å². The monoisotopic (exact) mass is 484 g/mol. The number of morpholine rings is 1. The van der Waals surface area contributed by atoms with Gasteiger partial charge in [-0.15, -0.1) is 0 Å². The highest BCUT2D eigenvalue weighted by Gasteiger charge is 2.32. The molecule has 182 valence electrons. The van der Waals surface area contributed by atoms with E-state index in [2.05, 4.69) is 35.1 Å². The second kappa shape index (κ2) is 10.2. The molecular weight excluding hydrogens is 461 g/mol. The number of aromatic nitrogens is 7. The molecule has 0 saturated carbocycles. The molecule has 1 aliphatic heterocycles. The van der Waals surface area contributed by atoms with E-state index in [0.717, 1.165) is 23.7 Å². The lowest BCUT2D eigenvalue weighted by Gasteiger charge is -2.27. The minimum absolute atomic E-state index is 0.398. The third-order valence-electron chi connectivity index (χ3n) is 5.26. The van der Waals surface area contributed by atoms with Crippen LogP contribution in [0.15, 0.2) is 36.7 Å². The maximum absolute atomic E-state index is 12.9. The molecule has 0 spiro atoms.